The summed E-state index contributed by atoms with van der Waals surface area (Å²) in [5.41, 5.74) is 0.446. The van der Waals surface area contributed by atoms with E-state index in [9.17, 15) is 0 Å². The highest BCUT2D eigenvalue weighted by Crippen LogP contribution is 2.42. The molecule has 0 radical (unpaired) electrons. The number of piperidine rings is 1. The second-order valence-corrected chi connectivity index (χ2v) is 7.11. The molecule has 118 valence electrons. The van der Waals surface area contributed by atoms with E-state index in [0.717, 1.165) is 19.0 Å². The molecule has 4 rings (SSSR count). The smallest absolute Gasteiger partial charge is 0.225 e. The van der Waals surface area contributed by atoms with Gasteiger partial charge in [-0.15, -0.1) is 0 Å². The van der Waals surface area contributed by atoms with Crippen LogP contribution < -0.4 is 4.90 Å². The maximum atomic E-state index is 4.39. The zero-order valence-electron chi connectivity index (χ0n) is 13.3. The van der Waals surface area contributed by atoms with Gasteiger partial charge in [0.05, 0.1) is 0 Å². The van der Waals surface area contributed by atoms with E-state index in [1.807, 2.05) is 18.5 Å². The molecule has 0 N–H and O–H groups in total. The van der Waals surface area contributed by atoms with Crippen LogP contribution in [0.25, 0.3) is 0 Å². The van der Waals surface area contributed by atoms with Crippen molar-refractivity contribution >= 4 is 5.95 Å². The highest BCUT2D eigenvalue weighted by Gasteiger charge is 2.36. The molecular formula is C18H26N4. The summed E-state index contributed by atoms with van der Waals surface area (Å²) >= 11 is 0. The minimum absolute atomic E-state index is 0.446. The molecule has 1 atom stereocenters. The van der Waals surface area contributed by atoms with E-state index in [2.05, 4.69) is 31.9 Å². The van der Waals surface area contributed by atoms with Crippen LogP contribution >= 0.6 is 0 Å². The Bertz CT molecular complexity index is 513. The largest absolute Gasteiger partial charge is 0.341 e. The normalized spacial score (nSPS) is 28.4. The lowest BCUT2D eigenvalue weighted by Crippen LogP contribution is -2.43. The quantitative estimate of drug-likeness (QED) is 0.786. The van der Waals surface area contributed by atoms with Crippen molar-refractivity contribution in [2.24, 2.45) is 5.41 Å². The van der Waals surface area contributed by atoms with E-state index in [-0.39, 0.29) is 0 Å². The van der Waals surface area contributed by atoms with Gasteiger partial charge in [-0.05, 0) is 63.1 Å². The molecule has 1 aromatic heterocycles. The minimum Gasteiger partial charge on any atom is -0.341 e. The van der Waals surface area contributed by atoms with E-state index < -0.39 is 0 Å². The van der Waals surface area contributed by atoms with Crippen LogP contribution in [0.3, 0.4) is 0 Å². The van der Waals surface area contributed by atoms with Crippen molar-refractivity contribution in [1.29, 1.82) is 0 Å². The van der Waals surface area contributed by atoms with Crippen LogP contribution in [0, 0.1) is 5.41 Å². The Hall–Kier alpha value is -1.42. The van der Waals surface area contributed by atoms with Gasteiger partial charge in [-0.25, -0.2) is 9.97 Å². The van der Waals surface area contributed by atoms with Gasteiger partial charge >= 0.3 is 0 Å². The van der Waals surface area contributed by atoms with Crippen LogP contribution in [0.5, 0.6) is 0 Å². The molecule has 22 heavy (non-hydrogen) atoms. The standard InChI is InChI=1S/C18H26N4/c1-2-13-21(12-1)16-4-6-18(7-5-16)8-14-22(15-9-18)17-19-10-3-11-20-17/h3-4,6,10-11,16H,1-2,5,7-9,12-15H2/t16-/m1/s1. The maximum absolute atomic E-state index is 4.39. The summed E-state index contributed by atoms with van der Waals surface area (Å²) in [5, 5.41) is 0. The number of aromatic nitrogens is 2. The number of anilines is 1. The summed E-state index contributed by atoms with van der Waals surface area (Å²) in [6, 6.07) is 2.60. The van der Waals surface area contributed by atoms with Crippen LogP contribution in [0.15, 0.2) is 30.6 Å². The van der Waals surface area contributed by atoms with Gasteiger partial charge in [0.2, 0.25) is 5.95 Å². The molecule has 2 saturated heterocycles. The van der Waals surface area contributed by atoms with E-state index in [4.69, 9.17) is 0 Å². The highest BCUT2D eigenvalue weighted by atomic mass is 15.2. The van der Waals surface area contributed by atoms with E-state index in [1.165, 1.54) is 51.6 Å². The monoisotopic (exact) mass is 298 g/mol. The summed E-state index contributed by atoms with van der Waals surface area (Å²) in [6.45, 7) is 4.79. The average Bonchev–Trinajstić information content (AvgIpc) is 3.12. The van der Waals surface area contributed by atoms with Crippen LogP contribution in [-0.2, 0) is 0 Å². The fourth-order valence-corrected chi connectivity index (χ4v) is 4.33. The Morgan fingerprint density at radius 1 is 0.955 bits per heavy atom. The van der Waals surface area contributed by atoms with Gasteiger partial charge < -0.3 is 4.90 Å². The summed E-state index contributed by atoms with van der Waals surface area (Å²) in [5.74, 6) is 0.895. The molecule has 4 heteroatoms. The van der Waals surface area contributed by atoms with Crippen LogP contribution in [0.1, 0.15) is 38.5 Å². The maximum Gasteiger partial charge on any atom is 0.225 e. The Morgan fingerprint density at radius 2 is 1.68 bits per heavy atom. The number of allylic oxidation sites excluding steroid dienone is 1. The van der Waals surface area contributed by atoms with E-state index in [0.29, 0.717) is 11.5 Å². The van der Waals surface area contributed by atoms with Crippen molar-refractivity contribution < 1.29 is 0 Å². The molecule has 3 heterocycles. The van der Waals surface area contributed by atoms with Crippen molar-refractivity contribution in [3.8, 4) is 0 Å². The van der Waals surface area contributed by atoms with E-state index >= 15 is 0 Å². The van der Waals surface area contributed by atoms with Gasteiger partial charge in [-0.1, -0.05) is 12.2 Å². The van der Waals surface area contributed by atoms with Crippen molar-refractivity contribution in [2.45, 2.75) is 44.6 Å². The summed E-state index contributed by atoms with van der Waals surface area (Å²) in [4.78, 5) is 13.8. The number of rotatable bonds is 2. The number of hydrogen-bond acceptors (Lipinski definition) is 4. The van der Waals surface area contributed by atoms with Gasteiger partial charge in [0.1, 0.15) is 0 Å². The fourth-order valence-electron chi connectivity index (χ4n) is 4.33. The van der Waals surface area contributed by atoms with E-state index in [1.54, 1.807) is 0 Å². The molecule has 1 spiro atoms. The molecule has 0 amide bonds. The summed E-state index contributed by atoms with van der Waals surface area (Å²) in [6.07, 6.45) is 16.7. The lowest BCUT2D eigenvalue weighted by molar-refractivity contribution is 0.193. The Morgan fingerprint density at radius 3 is 2.32 bits per heavy atom. The second kappa shape index (κ2) is 5.99. The summed E-state index contributed by atoms with van der Waals surface area (Å²) in [7, 11) is 0. The first-order valence-electron chi connectivity index (χ1n) is 8.80. The van der Waals surface area contributed by atoms with Gasteiger partial charge in [-0.3, -0.25) is 4.90 Å². The first kappa shape index (κ1) is 14.2. The molecule has 1 aromatic rings. The van der Waals surface area contributed by atoms with Gasteiger partial charge in [-0.2, -0.15) is 0 Å². The topological polar surface area (TPSA) is 32.3 Å². The van der Waals surface area contributed by atoms with Crippen molar-refractivity contribution in [2.75, 3.05) is 31.1 Å². The average molecular weight is 298 g/mol. The first-order chi connectivity index (χ1) is 10.8. The third-order valence-corrected chi connectivity index (χ3v) is 5.81. The minimum atomic E-state index is 0.446. The molecule has 2 fully saturated rings. The molecule has 0 aromatic carbocycles. The zero-order chi connectivity index (χ0) is 14.8. The predicted octanol–water partition coefficient (Wildman–Crippen LogP) is 2.88. The van der Waals surface area contributed by atoms with Crippen LogP contribution in [-0.4, -0.2) is 47.1 Å². The van der Waals surface area contributed by atoms with Crippen molar-refractivity contribution in [1.82, 2.24) is 14.9 Å². The number of nitrogens with zero attached hydrogens (tertiary/aromatic N) is 4. The third kappa shape index (κ3) is 2.76. The molecule has 3 aliphatic rings. The molecule has 4 nitrogen and oxygen atoms in total. The van der Waals surface area contributed by atoms with Crippen molar-refractivity contribution in [3.05, 3.63) is 30.6 Å². The lowest BCUT2D eigenvalue weighted by atomic mass is 9.71. The Kier molecular flexibility index (Phi) is 3.87. The Labute approximate surface area is 133 Å². The SMILES string of the molecule is C1=CC2(CC[C@@H]1N1CCCC1)CCN(c1ncccn1)CC2. The van der Waals surface area contributed by atoms with Gasteiger partial charge in [0.25, 0.3) is 0 Å². The summed E-state index contributed by atoms with van der Waals surface area (Å²) < 4.78 is 0. The fraction of sp³-hybridized carbons (Fsp3) is 0.667. The first-order valence-corrected chi connectivity index (χ1v) is 8.80. The molecular weight excluding hydrogens is 272 g/mol. The molecule has 0 bridgehead atoms. The molecule has 2 aliphatic heterocycles. The molecule has 0 saturated carbocycles. The number of likely N-dealkylation sites (tertiary alicyclic amines) is 1. The predicted molar refractivity (Wildman–Crippen MR) is 88.9 cm³/mol. The molecule has 0 unspecified atom stereocenters. The second-order valence-electron chi connectivity index (χ2n) is 7.11. The van der Waals surface area contributed by atoms with Gasteiger partial charge in [0, 0.05) is 31.5 Å². The van der Waals surface area contributed by atoms with Gasteiger partial charge in [0.15, 0.2) is 0 Å². The Balaban J connectivity index is 1.38. The van der Waals surface area contributed by atoms with Crippen LogP contribution in [0.4, 0.5) is 5.95 Å². The van der Waals surface area contributed by atoms with Crippen LogP contribution in [0.2, 0.25) is 0 Å². The van der Waals surface area contributed by atoms with Crippen molar-refractivity contribution in [3.63, 3.8) is 0 Å². The highest BCUT2D eigenvalue weighted by molar-refractivity contribution is 5.30. The lowest BCUT2D eigenvalue weighted by Gasteiger charge is -2.43. The number of hydrogen-bond donors (Lipinski definition) is 0. The zero-order valence-corrected chi connectivity index (χ0v) is 13.3. The molecule has 1 aliphatic carbocycles. The third-order valence-electron chi connectivity index (χ3n) is 5.81.